The van der Waals surface area contributed by atoms with Crippen LogP contribution in [0.3, 0.4) is 0 Å². The van der Waals surface area contributed by atoms with Crippen LogP contribution in [0.4, 0.5) is 17.1 Å². The lowest BCUT2D eigenvalue weighted by atomic mass is 9.86. The van der Waals surface area contributed by atoms with Gasteiger partial charge in [-0.25, -0.2) is 0 Å². The van der Waals surface area contributed by atoms with Crippen molar-refractivity contribution in [1.82, 2.24) is 0 Å². The molecule has 11 aromatic rings. The van der Waals surface area contributed by atoms with Crippen molar-refractivity contribution in [3.8, 4) is 77.9 Å². The van der Waals surface area contributed by atoms with Crippen LogP contribution in [-0.4, -0.2) is 0 Å². The lowest BCUT2D eigenvalue weighted by Crippen LogP contribution is -2.11. The third-order valence-electron chi connectivity index (χ3n) is 12.5. The van der Waals surface area contributed by atoms with Gasteiger partial charge in [0.1, 0.15) is 0 Å². The normalized spacial score (nSPS) is 11.1. The fourth-order valence-corrected chi connectivity index (χ4v) is 9.18. The molecule has 65 heavy (non-hydrogen) atoms. The standard InChI is InChI=1S/C64H45N/c1-4-16-46(17-5-1)49-28-30-50(31-29-49)51-34-39-57(40-35-51)65(58-41-36-52(37-42-58)55-33-32-48-20-10-11-23-54(48)44-55)64-27-15-14-26-62(64)63-45-56(47-18-6-2-7-19-47)38-43-61(63)60-25-13-12-24-59(60)53-21-8-3-9-22-53/h1-45H. The summed E-state index contributed by atoms with van der Waals surface area (Å²) in [7, 11) is 0. The Hall–Kier alpha value is -8.52. The number of rotatable bonds is 10. The van der Waals surface area contributed by atoms with E-state index in [4.69, 9.17) is 0 Å². The van der Waals surface area contributed by atoms with Gasteiger partial charge in [0.25, 0.3) is 0 Å². The van der Waals surface area contributed by atoms with Crippen molar-refractivity contribution in [2.75, 3.05) is 4.90 Å². The third-order valence-corrected chi connectivity index (χ3v) is 12.5. The fourth-order valence-electron chi connectivity index (χ4n) is 9.18. The van der Waals surface area contributed by atoms with Gasteiger partial charge in [-0.05, 0) is 126 Å². The fraction of sp³-hybridized carbons (Fsp3) is 0. The van der Waals surface area contributed by atoms with Crippen molar-refractivity contribution in [3.05, 3.63) is 273 Å². The summed E-state index contributed by atoms with van der Waals surface area (Å²) < 4.78 is 0. The minimum atomic E-state index is 1.08. The number of hydrogen-bond donors (Lipinski definition) is 0. The van der Waals surface area contributed by atoms with Crippen LogP contribution < -0.4 is 4.90 Å². The van der Waals surface area contributed by atoms with Gasteiger partial charge in [0.2, 0.25) is 0 Å². The molecular weight excluding hydrogens is 783 g/mol. The van der Waals surface area contributed by atoms with Gasteiger partial charge in [0, 0.05) is 16.9 Å². The van der Waals surface area contributed by atoms with E-state index in [1.165, 1.54) is 83.1 Å². The summed E-state index contributed by atoms with van der Waals surface area (Å²) in [4.78, 5) is 2.42. The molecule has 0 atom stereocenters. The van der Waals surface area contributed by atoms with E-state index in [-0.39, 0.29) is 0 Å². The van der Waals surface area contributed by atoms with Crippen LogP contribution in [0.25, 0.3) is 88.7 Å². The highest BCUT2D eigenvalue weighted by atomic mass is 15.1. The van der Waals surface area contributed by atoms with Crippen LogP contribution in [-0.2, 0) is 0 Å². The van der Waals surface area contributed by atoms with E-state index in [1.807, 2.05) is 0 Å². The summed E-state index contributed by atoms with van der Waals surface area (Å²) in [5, 5.41) is 2.48. The summed E-state index contributed by atoms with van der Waals surface area (Å²) in [5.41, 5.74) is 19.8. The number of benzene rings is 11. The molecule has 0 bridgehead atoms. The highest BCUT2D eigenvalue weighted by Gasteiger charge is 2.21. The average molecular weight is 828 g/mol. The summed E-state index contributed by atoms with van der Waals surface area (Å²) in [6, 6.07) is 98.9. The second-order valence-electron chi connectivity index (χ2n) is 16.5. The molecule has 11 rings (SSSR count). The summed E-state index contributed by atoms with van der Waals surface area (Å²) in [6.45, 7) is 0. The van der Waals surface area contributed by atoms with Crippen LogP contribution in [0.2, 0.25) is 0 Å². The van der Waals surface area contributed by atoms with Crippen LogP contribution in [0.1, 0.15) is 0 Å². The number of para-hydroxylation sites is 1. The molecule has 0 spiro atoms. The number of anilines is 3. The van der Waals surface area contributed by atoms with E-state index >= 15 is 0 Å². The molecule has 0 amide bonds. The van der Waals surface area contributed by atoms with E-state index < -0.39 is 0 Å². The molecule has 0 aliphatic carbocycles. The monoisotopic (exact) mass is 827 g/mol. The molecule has 0 aromatic heterocycles. The SMILES string of the molecule is c1ccc(-c2ccc(-c3ccc(N(c4ccc(-c5ccc6ccccc6c5)cc4)c4ccccc4-c4cc(-c5ccccc5)ccc4-c4ccccc4-c4ccccc4)cc3)cc2)cc1. The summed E-state index contributed by atoms with van der Waals surface area (Å²) in [5.74, 6) is 0. The van der Waals surface area contributed by atoms with Crippen LogP contribution in [0, 0.1) is 0 Å². The molecule has 0 fully saturated rings. The van der Waals surface area contributed by atoms with Gasteiger partial charge in [-0.15, -0.1) is 0 Å². The van der Waals surface area contributed by atoms with E-state index in [9.17, 15) is 0 Å². The minimum Gasteiger partial charge on any atom is -0.310 e. The predicted octanol–water partition coefficient (Wildman–Crippen LogP) is 18.0. The maximum Gasteiger partial charge on any atom is 0.0540 e. The highest BCUT2D eigenvalue weighted by Crippen LogP contribution is 2.47. The first-order valence-electron chi connectivity index (χ1n) is 22.3. The van der Waals surface area contributed by atoms with Crippen molar-refractivity contribution in [3.63, 3.8) is 0 Å². The van der Waals surface area contributed by atoms with E-state index in [1.54, 1.807) is 0 Å². The molecule has 0 radical (unpaired) electrons. The van der Waals surface area contributed by atoms with Crippen molar-refractivity contribution in [2.45, 2.75) is 0 Å². The minimum absolute atomic E-state index is 1.08. The van der Waals surface area contributed by atoms with Crippen LogP contribution in [0.5, 0.6) is 0 Å². The smallest absolute Gasteiger partial charge is 0.0540 e. The topological polar surface area (TPSA) is 3.24 Å². The Bertz CT molecular complexity index is 3370. The van der Waals surface area contributed by atoms with Crippen LogP contribution in [0.15, 0.2) is 273 Å². The molecule has 0 aliphatic rings. The number of hydrogen-bond acceptors (Lipinski definition) is 1. The molecule has 0 aliphatic heterocycles. The molecule has 306 valence electrons. The zero-order chi connectivity index (χ0) is 43.4. The van der Waals surface area contributed by atoms with Gasteiger partial charge >= 0.3 is 0 Å². The Morgan fingerprint density at radius 1 is 0.185 bits per heavy atom. The zero-order valence-corrected chi connectivity index (χ0v) is 35.9. The molecule has 1 heteroatoms. The molecule has 11 aromatic carbocycles. The first-order chi connectivity index (χ1) is 32.2. The van der Waals surface area contributed by atoms with Crippen molar-refractivity contribution < 1.29 is 0 Å². The van der Waals surface area contributed by atoms with Crippen LogP contribution >= 0.6 is 0 Å². The molecule has 0 N–H and O–H groups in total. The molecule has 0 saturated heterocycles. The van der Waals surface area contributed by atoms with Crippen molar-refractivity contribution >= 4 is 27.8 Å². The van der Waals surface area contributed by atoms with Gasteiger partial charge in [-0.1, -0.05) is 231 Å². The maximum atomic E-state index is 2.42. The van der Waals surface area contributed by atoms with Gasteiger partial charge in [0.05, 0.1) is 5.69 Å². The van der Waals surface area contributed by atoms with Gasteiger partial charge in [0.15, 0.2) is 0 Å². The second-order valence-corrected chi connectivity index (χ2v) is 16.5. The Balaban J connectivity index is 1.07. The largest absolute Gasteiger partial charge is 0.310 e. The summed E-state index contributed by atoms with van der Waals surface area (Å²) in [6.07, 6.45) is 0. The Labute approximate surface area is 381 Å². The van der Waals surface area contributed by atoms with Crippen molar-refractivity contribution in [1.29, 1.82) is 0 Å². The molecule has 0 saturated carbocycles. The molecular formula is C64H45N. The number of fused-ring (bicyclic) bond motifs is 1. The maximum absolute atomic E-state index is 2.42. The average Bonchev–Trinajstić information content (AvgIpc) is 3.40. The van der Waals surface area contributed by atoms with E-state index in [2.05, 4.69) is 278 Å². The quantitative estimate of drug-likeness (QED) is 0.133. The Kier molecular flexibility index (Phi) is 10.7. The second kappa shape index (κ2) is 17.7. The zero-order valence-electron chi connectivity index (χ0n) is 35.9. The van der Waals surface area contributed by atoms with E-state index in [0.717, 1.165) is 22.6 Å². The van der Waals surface area contributed by atoms with Gasteiger partial charge < -0.3 is 4.90 Å². The lowest BCUT2D eigenvalue weighted by molar-refractivity contribution is 1.28. The van der Waals surface area contributed by atoms with Gasteiger partial charge in [-0.2, -0.15) is 0 Å². The van der Waals surface area contributed by atoms with Crippen molar-refractivity contribution in [2.24, 2.45) is 0 Å². The predicted molar refractivity (Wildman–Crippen MR) is 277 cm³/mol. The first kappa shape index (κ1) is 39.3. The highest BCUT2D eigenvalue weighted by molar-refractivity contribution is 5.99. The van der Waals surface area contributed by atoms with E-state index in [0.29, 0.717) is 0 Å². The molecule has 1 nitrogen and oxygen atoms in total. The number of nitrogens with zero attached hydrogens (tertiary/aromatic N) is 1. The molecule has 0 heterocycles. The third kappa shape index (κ3) is 8.04. The summed E-state index contributed by atoms with van der Waals surface area (Å²) >= 11 is 0. The Morgan fingerprint density at radius 2 is 0.554 bits per heavy atom. The van der Waals surface area contributed by atoms with Gasteiger partial charge in [-0.3, -0.25) is 0 Å². The first-order valence-corrected chi connectivity index (χ1v) is 22.3. The lowest BCUT2D eigenvalue weighted by Gasteiger charge is -2.29. The molecule has 0 unspecified atom stereocenters. The Morgan fingerprint density at radius 3 is 1.15 bits per heavy atom.